The maximum atomic E-state index is 13.3. The second-order valence-electron chi connectivity index (χ2n) is 6.64. The Labute approximate surface area is 186 Å². The van der Waals surface area contributed by atoms with Crippen molar-refractivity contribution in [3.63, 3.8) is 0 Å². The molecular weight excluding hydrogens is 454 g/mol. The Hall–Kier alpha value is -3.50. The standard InChI is InChI=1S/C22H19NO7S2/c1-16(24)23(32(28,29)20-11-7-4-8-12-20)18-13-14-21(30-17(2)25)22(15-18)31(26,27)19-9-5-3-6-10-19/h3-15H,1-2H3. The fourth-order valence-corrected chi connectivity index (χ4v) is 5.85. The lowest BCUT2D eigenvalue weighted by Gasteiger charge is -2.22. The van der Waals surface area contributed by atoms with Gasteiger partial charge in [0.15, 0.2) is 0 Å². The van der Waals surface area contributed by atoms with E-state index in [1.54, 1.807) is 12.1 Å². The van der Waals surface area contributed by atoms with Gasteiger partial charge in [0, 0.05) is 13.8 Å². The van der Waals surface area contributed by atoms with Crippen LogP contribution in [0.25, 0.3) is 0 Å². The molecule has 0 aromatic heterocycles. The van der Waals surface area contributed by atoms with Crippen LogP contribution in [0, 0.1) is 0 Å². The zero-order chi connectivity index (χ0) is 23.5. The number of amides is 1. The molecule has 166 valence electrons. The lowest BCUT2D eigenvalue weighted by molar-refractivity contribution is -0.132. The van der Waals surface area contributed by atoms with E-state index in [-0.39, 0.29) is 21.2 Å². The molecule has 0 aliphatic rings. The highest BCUT2D eigenvalue weighted by Crippen LogP contribution is 2.35. The maximum absolute atomic E-state index is 13.3. The van der Waals surface area contributed by atoms with Crippen molar-refractivity contribution in [2.24, 2.45) is 0 Å². The number of esters is 1. The molecule has 8 nitrogen and oxygen atoms in total. The van der Waals surface area contributed by atoms with E-state index in [1.165, 1.54) is 54.6 Å². The Morgan fingerprint density at radius 2 is 1.28 bits per heavy atom. The molecule has 0 unspecified atom stereocenters. The molecule has 3 rings (SSSR count). The van der Waals surface area contributed by atoms with Gasteiger partial charge in [0.05, 0.1) is 15.5 Å². The minimum atomic E-state index is -4.33. The lowest BCUT2D eigenvalue weighted by atomic mass is 10.3. The summed E-state index contributed by atoms with van der Waals surface area (Å²) in [7, 11) is -8.55. The average molecular weight is 474 g/mol. The molecule has 0 aliphatic carbocycles. The minimum Gasteiger partial charge on any atom is -0.425 e. The first-order valence-electron chi connectivity index (χ1n) is 9.28. The summed E-state index contributed by atoms with van der Waals surface area (Å²) in [5, 5.41) is 0. The number of hydrogen-bond acceptors (Lipinski definition) is 7. The number of sulfonamides is 1. The molecule has 0 radical (unpaired) electrons. The number of benzene rings is 3. The average Bonchev–Trinajstić information content (AvgIpc) is 2.75. The van der Waals surface area contributed by atoms with Gasteiger partial charge in [0.2, 0.25) is 15.7 Å². The molecule has 0 bridgehead atoms. The highest BCUT2D eigenvalue weighted by atomic mass is 32.2. The van der Waals surface area contributed by atoms with E-state index in [2.05, 4.69) is 0 Å². The fourth-order valence-electron chi connectivity index (χ4n) is 2.99. The van der Waals surface area contributed by atoms with Crippen LogP contribution < -0.4 is 9.04 Å². The van der Waals surface area contributed by atoms with Gasteiger partial charge < -0.3 is 4.74 Å². The summed E-state index contributed by atoms with van der Waals surface area (Å²) in [5.74, 6) is -1.90. The molecule has 3 aromatic rings. The van der Waals surface area contributed by atoms with E-state index >= 15 is 0 Å². The van der Waals surface area contributed by atoms with Gasteiger partial charge in [-0.2, -0.15) is 0 Å². The number of carbonyl (C=O) groups excluding carboxylic acids is 2. The van der Waals surface area contributed by atoms with Crippen molar-refractivity contribution >= 4 is 37.4 Å². The molecule has 0 heterocycles. The molecule has 1 amide bonds. The van der Waals surface area contributed by atoms with Crippen molar-refractivity contribution in [1.82, 2.24) is 0 Å². The smallest absolute Gasteiger partial charge is 0.308 e. The van der Waals surface area contributed by atoms with Crippen molar-refractivity contribution in [2.75, 3.05) is 4.31 Å². The van der Waals surface area contributed by atoms with Crippen LogP contribution in [0.2, 0.25) is 0 Å². The van der Waals surface area contributed by atoms with Gasteiger partial charge in [-0.1, -0.05) is 36.4 Å². The number of anilines is 1. The van der Waals surface area contributed by atoms with Crippen LogP contribution in [0.3, 0.4) is 0 Å². The summed E-state index contributed by atoms with van der Waals surface area (Å²) >= 11 is 0. The van der Waals surface area contributed by atoms with Crippen molar-refractivity contribution in [3.8, 4) is 5.75 Å². The quantitative estimate of drug-likeness (QED) is 0.399. The number of carbonyl (C=O) groups is 2. The summed E-state index contributed by atoms with van der Waals surface area (Å²) in [6, 6.07) is 18.0. The van der Waals surface area contributed by atoms with Crippen LogP contribution in [0.15, 0.2) is 93.5 Å². The van der Waals surface area contributed by atoms with E-state index < -0.39 is 36.6 Å². The Morgan fingerprint density at radius 3 is 1.78 bits per heavy atom. The lowest BCUT2D eigenvalue weighted by Crippen LogP contribution is -2.35. The first kappa shape index (κ1) is 23.2. The SMILES string of the molecule is CC(=O)Oc1ccc(N(C(C)=O)S(=O)(=O)c2ccccc2)cc1S(=O)(=O)c1ccccc1. The third kappa shape index (κ3) is 4.56. The van der Waals surface area contributed by atoms with Gasteiger partial charge in [-0.05, 0) is 42.5 Å². The third-order valence-electron chi connectivity index (χ3n) is 4.33. The molecule has 0 fully saturated rings. The summed E-state index contributed by atoms with van der Waals surface area (Å²) in [6.45, 7) is 2.15. The second kappa shape index (κ2) is 8.93. The predicted molar refractivity (Wildman–Crippen MR) is 116 cm³/mol. The van der Waals surface area contributed by atoms with E-state index in [1.807, 2.05) is 0 Å². The molecule has 10 heteroatoms. The molecule has 0 atom stereocenters. The van der Waals surface area contributed by atoms with E-state index in [0.29, 0.717) is 4.31 Å². The highest BCUT2D eigenvalue weighted by molar-refractivity contribution is 7.93. The maximum Gasteiger partial charge on any atom is 0.308 e. The van der Waals surface area contributed by atoms with Crippen LogP contribution in [-0.2, 0) is 29.4 Å². The normalized spacial score (nSPS) is 11.6. The van der Waals surface area contributed by atoms with Crippen LogP contribution >= 0.6 is 0 Å². The third-order valence-corrected chi connectivity index (χ3v) is 7.93. The van der Waals surface area contributed by atoms with Crippen LogP contribution in [0.1, 0.15) is 13.8 Å². The van der Waals surface area contributed by atoms with Crippen molar-refractivity contribution < 1.29 is 31.2 Å². The largest absolute Gasteiger partial charge is 0.425 e. The van der Waals surface area contributed by atoms with Crippen LogP contribution in [0.4, 0.5) is 5.69 Å². The topological polar surface area (TPSA) is 115 Å². The summed E-state index contributed by atoms with van der Waals surface area (Å²) < 4.78 is 58.3. The molecule has 3 aromatic carbocycles. The Kier molecular flexibility index (Phi) is 6.47. The van der Waals surface area contributed by atoms with E-state index in [9.17, 15) is 26.4 Å². The zero-order valence-electron chi connectivity index (χ0n) is 17.1. The van der Waals surface area contributed by atoms with Crippen LogP contribution in [0.5, 0.6) is 5.75 Å². The Morgan fingerprint density at radius 1 is 0.750 bits per heavy atom. The Balaban J connectivity index is 2.25. The van der Waals surface area contributed by atoms with Crippen molar-refractivity contribution in [3.05, 3.63) is 78.9 Å². The summed E-state index contributed by atoms with van der Waals surface area (Å²) in [4.78, 5) is 23.2. The molecule has 32 heavy (non-hydrogen) atoms. The van der Waals surface area contributed by atoms with E-state index in [4.69, 9.17) is 4.74 Å². The van der Waals surface area contributed by atoms with Crippen LogP contribution in [-0.4, -0.2) is 28.7 Å². The molecule has 0 saturated carbocycles. The first-order chi connectivity index (χ1) is 15.0. The number of ether oxygens (including phenoxy) is 1. The minimum absolute atomic E-state index is 0.0918. The highest BCUT2D eigenvalue weighted by Gasteiger charge is 2.31. The number of hydrogen-bond donors (Lipinski definition) is 0. The van der Waals surface area contributed by atoms with Crippen molar-refractivity contribution in [1.29, 1.82) is 0 Å². The van der Waals surface area contributed by atoms with Gasteiger partial charge >= 0.3 is 5.97 Å². The van der Waals surface area contributed by atoms with Gasteiger partial charge in [-0.3, -0.25) is 9.59 Å². The van der Waals surface area contributed by atoms with Gasteiger partial charge in [0.1, 0.15) is 10.6 Å². The summed E-state index contributed by atoms with van der Waals surface area (Å²) in [6.07, 6.45) is 0. The van der Waals surface area contributed by atoms with E-state index in [0.717, 1.165) is 26.0 Å². The molecular formula is C22H19NO7S2. The fraction of sp³-hybridized carbons (Fsp3) is 0.0909. The van der Waals surface area contributed by atoms with Gasteiger partial charge in [-0.15, -0.1) is 0 Å². The summed E-state index contributed by atoms with van der Waals surface area (Å²) in [5.41, 5.74) is -0.216. The van der Waals surface area contributed by atoms with Gasteiger partial charge in [-0.25, -0.2) is 21.1 Å². The molecule has 0 aliphatic heterocycles. The Bertz CT molecular complexity index is 1370. The first-order valence-corrected chi connectivity index (χ1v) is 12.2. The number of sulfone groups is 1. The second-order valence-corrected chi connectivity index (χ2v) is 10.3. The van der Waals surface area contributed by atoms with Crippen molar-refractivity contribution in [2.45, 2.75) is 28.5 Å². The number of rotatable bonds is 6. The molecule has 0 N–H and O–H groups in total. The zero-order valence-corrected chi connectivity index (χ0v) is 18.8. The molecule has 0 spiro atoms. The monoisotopic (exact) mass is 473 g/mol. The predicted octanol–water partition coefficient (Wildman–Crippen LogP) is 3.19. The number of nitrogens with zero attached hydrogens (tertiary/aromatic N) is 1. The molecule has 0 saturated heterocycles. The van der Waals surface area contributed by atoms with Gasteiger partial charge in [0.25, 0.3) is 10.0 Å².